The molecule has 32 heavy (non-hydrogen) atoms. The highest BCUT2D eigenvalue weighted by Crippen LogP contribution is 2.27. The molecule has 0 spiro atoms. The van der Waals surface area contributed by atoms with Crippen LogP contribution in [0.25, 0.3) is 0 Å². The summed E-state index contributed by atoms with van der Waals surface area (Å²) in [4.78, 5) is 17.3. The number of benzene rings is 2. The molecule has 0 aromatic heterocycles. The molecule has 1 fully saturated rings. The Morgan fingerprint density at radius 1 is 0.969 bits per heavy atom. The SMILES string of the molecule is CCC(C)c1ccc(S(=O)(=O)N2CCN(CC(=O)N3CCCc4ccccc43)CC2)cc1. The van der Waals surface area contributed by atoms with Gasteiger partial charge in [-0.05, 0) is 54.5 Å². The van der Waals surface area contributed by atoms with E-state index in [2.05, 4.69) is 24.8 Å². The summed E-state index contributed by atoms with van der Waals surface area (Å²) in [6.45, 7) is 7.27. The maximum Gasteiger partial charge on any atom is 0.243 e. The molecule has 0 radical (unpaired) electrons. The fourth-order valence-electron chi connectivity index (χ4n) is 4.55. The van der Waals surface area contributed by atoms with Crippen LogP contribution < -0.4 is 4.90 Å². The number of carbonyl (C=O) groups excluding carboxylic acids is 1. The van der Waals surface area contributed by atoms with E-state index in [1.54, 1.807) is 16.4 Å². The summed E-state index contributed by atoms with van der Waals surface area (Å²) in [5.74, 6) is 0.508. The number of carbonyl (C=O) groups is 1. The van der Waals surface area contributed by atoms with Crippen molar-refractivity contribution in [1.82, 2.24) is 9.21 Å². The van der Waals surface area contributed by atoms with E-state index in [1.807, 2.05) is 35.2 Å². The third-order valence-electron chi connectivity index (χ3n) is 6.80. The van der Waals surface area contributed by atoms with E-state index in [4.69, 9.17) is 0 Å². The first-order valence-corrected chi connectivity index (χ1v) is 13.0. The second kappa shape index (κ2) is 9.73. The summed E-state index contributed by atoms with van der Waals surface area (Å²) in [6.07, 6.45) is 3.01. The van der Waals surface area contributed by atoms with Crippen molar-refractivity contribution < 1.29 is 13.2 Å². The van der Waals surface area contributed by atoms with Crippen LogP contribution >= 0.6 is 0 Å². The average Bonchev–Trinajstić information content (AvgIpc) is 2.83. The Hall–Kier alpha value is -2.22. The molecule has 2 aliphatic heterocycles. The van der Waals surface area contributed by atoms with Gasteiger partial charge in [0.25, 0.3) is 0 Å². The van der Waals surface area contributed by atoms with Gasteiger partial charge in [-0.15, -0.1) is 0 Å². The second-order valence-corrected chi connectivity index (χ2v) is 10.8. The molecule has 2 aromatic rings. The van der Waals surface area contributed by atoms with Crippen molar-refractivity contribution in [3.05, 3.63) is 59.7 Å². The van der Waals surface area contributed by atoms with Crippen LogP contribution in [0.4, 0.5) is 5.69 Å². The molecule has 1 amide bonds. The van der Waals surface area contributed by atoms with Crippen LogP contribution in [0.1, 0.15) is 43.7 Å². The molecule has 0 N–H and O–H groups in total. The Bertz CT molecular complexity index is 1040. The molecule has 2 aliphatic rings. The predicted molar refractivity (Wildman–Crippen MR) is 127 cm³/mol. The predicted octanol–water partition coefficient (Wildman–Crippen LogP) is 3.49. The van der Waals surface area contributed by atoms with Gasteiger partial charge in [0, 0.05) is 38.4 Å². The summed E-state index contributed by atoms with van der Waals surface area (Å²) in [5, 5.41) is 0. The minimum atomic E-state index is -3.51. The lowest BCUT2D eigenvalue weighted by Crippen LogP contribution is -2.52. The highest BCUT2D eigenvalue weighted by atomic mass is 32.2. The van der Waals surface area contributed by atoms with Crippen LogP contribution in [0.3, 0.4) is 0 Å². The summed E-state index contributed by atoms with van der Waals surface area (Å²) in [6, 6.07) is 15.4. The Labute approximate surface area is 191 Å². The summed E-state index contributed by atoms with van der Waals surface area (Å²) in [7, 11) is -3.51. The number of aryl methyl sites for hydroxylation is 1. The topological polar surface area (TPSA) is 60.9 Å². The third-order valence-corrected chi connectivity index (χ3v) is 8.71. The zero-order valence-corrected chi connectivity index (χ0v) is 19.9. The number of anilines is 1. The molecule has 1 atom stereocenters. The van der Waals surface area contributed by atoms with Crippen molar-refractivity contribution in [2.45, 2.75) is 43.9 Å². The van der Waals surface area contributed by atoms with Gasteiger partial charge in [-0.2, -0.15) is 4.31 Å². The van der Waals surface area contributed by atoms with Crippen LogP contribution in [0.2, 0.25) is 0 Å². The standard InChI is InChI=1S/C25H33N3O3S/c1-3-20(2)21-10-12-23(13-11-21)32(30,31)27-17-15-26(16-18-27)19-25(29)28-14-6-8-22-7-4-5-9-24(22)28/h4-5,7,9-13,20H,3,6,8,14-19H2,1-2H3. The maximum atomic E-state index is 13.1. The summed E-state index contributed by atoms with van der Waals surface area (Å²) in [5.41, 5.74) is 3.40. The molecule has 0 bridgehead atoms. The molecule has 2 aromatic carbocycles. The smallest absolute Gasteiger partial charge is 0.243 e. The Morgan fingerprint density at radius 3 is 2.34 bits per heavy atom. The van der Waals surface area contributed by atoms with Gasteiger partial charge in [0.1, 0.15) is 0 Å². The molecule has 2 heterocycles. The molecule has 7 heteroatoms. The van der Waals surface area contributed by atoms with Crippen LogP contribution in [-0.2, 0) is 21.2 Å². The number of rotatable bonds is 6. The molecule has 1 unspecified atom stereocenters. The number of fused-ring (bicyclic) bond motifs is 1. The Kier molecular flexibility index (Phi) is 6.98. The number of hydrogen-bond donors (Lipinski definition) is 0. The fraction of sp³-hybridized carbons (Fsp3) is 0.480. The van der Waals surface area contributed by atoms with Crippen molar-refractivity contribution in [2.24, 2.45) is 0 Å². The number of hydrogen-bond acceptors (Lipinski definition) is 4. The van der Waals surface area contributed by atoms with E-state index in [1.165, 1.54) is 5.56 Å². The van der Waals surface area contributed by atoms with Gasteiger partial charge in [-0.25, -0.2) is 8.42 Å². The van der Waals surface area contributed by atoms with E-state index in [-0.39, 0.29) is 5.91 Å². The van der Waals surface area contributed by atoms with E-state index >= 15 is 0 Å². The van der Waals surface area contributed by atoms with Crippen LogP contribution in [0, 0.1) is 0 Å². The van der Waals surface area contributed by atoms with Crippen molar-refractivity contribution in [3.63, 3.8) is 0 Å². The Morgan fingerprint density at radius 2 is 1.66 bits per heavy atom. The van der Waals surface area contributed by atoms with Gasteiger partial charge in [-0.1, -0.05) is 44.2 Å². The second-order valence-electron chi connectivity index (χ2n) is 8.84. The first-order chi connectivity index (χ1) is 15.4. The first-order valence-electron chi connectivity index (χ1n) is 11.6. The Balaban J connectivity index is 1.35. The van der Waals surface area contributed by atoms with Crippen LogP contribution in [0.15, 0.2) is 53.4 Å². The third kappa shape index (κ3) is 4.75. The summed E-state index contributed by atoms with van der Waals surface area (Å²) < 4.78 is 27.7. The first kappa shape index (κ1) is 23.0. The minimum absolute atomic E-state index is 0.0917. The van der Waals surface area contributed by atoms with E-state index in [0.717, 1.165) is 37.1 Å². The van der Waals surface area contributed by atoms with Crippen molar-refractivity contribution >= 4 is 21.6 Å². The monoisotopic (exact) mass is 455 g/mol. The highest BCUT2D eigenvalue weighted by molar-refractivity contribution is 7.89. The van der Waals surface area contributed by atoms with Gasteiger partial charge in [0.2, 0.25) is 15.9 Å². The van der Waals surface area contributed by atoms with Gasteiger partial charge in [-0.3, -0.25) is 9.69 Å². The molecule has 0 aliphatic carbocycles. The molecular weight excluding hydrogens is 422 g/mol. The number of sulfonamides is 1. The van der Waals surface area contributed by atoms with E-state index in [9.17, 15) is 13.2 Å². The molecule has 6 nitrogen and oxygen atoms in total. The van der Waals surface area contributed by atoms with Gasteiger partial charge < -0.3 is 4.90 Å². The van der Waals surface area contributed by atoms with Gasteiger partial charge >= 0.3 is 0 Å². The van der Waals surface area contributed by atoms with Crippen molar-refractivity contribution in [3.8, 4) is 0 Å². The average molecular weight is 456 g/mol. The number of nitrogens with zero attached hydrogens (tertiary/aromatic N) is 3. The highest BCUT2D eigenvalue weighted by Gasteiger charge is 2.30. The van der Waals surface area contributed by atoms with Crippen molar-refractivity contribution in [2.75, 3.05) is 44.2 Å². The zero-order chi connectivity index (χ0) is 22.7. The molecule has 172 valence electrons. The molecular formula is C25H33N3O3S. The number of para-hydroxylation sites is 1. The lowest BCUT2D eigenvalue weighted by atomic mass is 9.99. The summed E-state index contributed by atoms with van der Waals surface area (Å²) >= 11 is 0. The quantitative estimate of drug-likeness (QED) is 0.669. The van der Waals surface area contributed by atoms with E-state index < -0.39 is 10.0 Å². The lowest BCUT2D eigenvalue weighted by molar-refractivity contribution is -0.120. The largest absolute Gasteiger partial charge is 0.311 e. The minimum Gasteiger partial charge on any atom is -0.311 e. The normalized spacial score (nSPS) is 18.9. The lowest BCUT2D eigenvalue weighted by Gasteiger charge is -2.36. The van der Waals surface area contributed by atoms with Crippen LogP contribution in [-0.4, -0.2) is 62.8 Å². The number of amides is 1. The molecule has 1 saturated heterocycles. The fourth-order valence-corrected chi connectivity index (χ4v) is 5.97. The van der Waals surface area contributed by atoms with E-state index in [0.29, 0.717) is 43.5 Å². The van der Waals surface area contributed by atoms with Gasteiger partial charge in [0.15, 0.2) is 0 Å². The van der Waals surface area contributed by atoms with Crippen molar-refractivity contribution in [1.29, 1.82) is 0 Å². The van der Waals surface area contributed by atoms with Gasteiger partial charge in [0.05, 0.1) is 11.4 Å². The maximum absolute atomic E-state index is 13.1. The molecule has 4 rings (SSSR count). The molecule has 0 saturated carbocycles. The van der Waals surface area contributed by atoms with Crippen LogP contribution in [0.5, 0.6) is 0 Å². The zero-order valence-electron chi connectivity index (χ0n) is 19.0. The number of piperazine rings is 1.